The van der Waals surface area contributed by atoms with Crippen molar-refractivity contribution >= 4 is 81.7 Å². The van der Waals surface area contributed by atoms with Gasteiger partial charge in [-0.25, -0.2) is 4.79 Å². The Morgan fingerprint density at radius 1 is 0.966 bits per heavy atom. The summed E-state index contributed by atoms with van der Waals surface area (Å²) in [5.74, 6) is -2.48. The number of esters is 1. The molecule has 0 bridgehead atoms. The minimum Gasteiger partial charge on any atom is -0.478 e. The van der Waals surface area contributed by atoms with Crippen LogP contribution in [0.4, 0.5) is 5.69 Å². The average molecular weight is 497 g/mol. The zero-order valence-corrected chi connectivity index (χ0v) is 18.6. The van der Waals surface area contributed by atoms with Crippen molar-refractivity contribution in [3.8, 4) is 0 Å². The van der Waals surface area contributed by atoms with Gasteiger partial charge in [0.1, 0.15) is 0 Å². The van der Waals surface area contributed by atoms with Crippen molar-refractivity contribution in [2.75, 3.05) is 17.7 Å². The monoisotopic (exact) mass is 495 g/mol. The van der Waals surface area contributed by atoms with Crippen LogP contribution >= 0.6 is 58.2 Å². The smallest absolute Gasteiger partial charge is 0.338 e. The maximum atomic E-state index is 12.7. The molecule has 11 heteroatoms. The number of anilines is 1. The van der Waals surface area contributed by atoms with E-state index in [9.17, 15) is 19.5 Å². The second-order valence-electron chi connectivity index (χ2n) is 5.38. The molecule has 0 aromatic heterocycles. The number of thioether (sulfide) groups is 1. The van der Waals surface area contributed by atoms with Gasteiger partial charge in [0.05, 0.1) is 43.6 Å². The van der Waals surface area contributed by atoms with Crippen molar-refractivity contribution in [3.63, 3.8) is 0 Å². The molecule has 154 valence electrons. The lowest BCUT2D eigenvalue weighted by Crippen LogP contribution is -2.18. The van der Waals surface area contributed by atoms with E-state index in [1.54, 1.807) is 31.2 Å². The molecule has 6 nitrogen and oxygen atoms in total. The van der Waals surface area contributed by atoms with Gasteiger partial charge in [0.2, 0.25) is 0 Å². The van der Waals surface area contributed by atoms with Crippen molar-refractivity contribution in [1.29, 1.82) is 0 Å². The van der Waals surface area contributed by atoms with E-state index < -0.39 is 23.0 Å². The number of nitrogens with one attached hydrogen (secondary N) is 1. The standard InChI is InChI=1S/C18H13Cl4NO5S/c1-2-28-10(24)7-29-9-5-3-8(4-6-9)23-17(25)11-12(18(26)27)14(20)16(22)15(21)13(11)19/h3-6H,2,7H2,1H3,(H,23,25)(H,26,27). The van der Waals surface area contributed by atoms with Gasteiger partial charge in [0.15, 0.2) is 0 Å². The lowest BCUT2D eigenvalue weighted by Gasteiger charge is -2.14. The molecule has 0 saturated heterocycles. The summed E-state index contributed by atoms with van der Waals surface area (Å²) in [6.45, 7) is 2.03. The summed E-state index contributed by atoms with van der Waals surface area (Å²) >= 11 is 25.1. The van der Waals surface area contributed by atoms with Crippen LogP contribution in [0.1, 0.15) is 27.6 Å². The largest absolute Gasteiger partial charge is 0.478 e. The zero-order chi connectivity index (χ0) is 21.7. The summed E-state index contributed by atoms with van der Waals surface area (Å²) in [6, 6.07) is 6.53. The summed E-state index contributed by atoms with van der Waals surface area (Å²) < 4.78 is 4.85. The maximum Gasteiger partial charge on any atom is 0.338 e. The third-order valence-electron chi connectivity index (χ3n) is 3.48. The van der Waals surface area contributed by atoms with E-state index in [0.717, 1.165) is 4.90 Å². The van der Waals surface area contributed by atoms with Gasteiger partial charge in [-0.2, -0.15) is 0 Å². The van der Waals surface area contributed by atoms with Gasteiger partial charge < -0.3 is 15.2 Å². The van der Waals surface area contributed by atoms with Crippen LogP contribution in [-0.4, -0.2) is 35.3 Å². The molecule has 2 rings (SSSR count). The molecule has 2 aromatic carbocycles. The molecule has 0 aliphatic heterocycles. The van der Waals surface area contributed by atoms with Crippen molar-refractivity contribution in [2.24, 2.45) is 0 Å². The van der Waals surface area contributed by atoms with Crippen LogP contribution in [0.3, 0.4) is 0 Å². The Kier molecular flexibility index (Phi) is 8.48. The fraction of sp³-hybridized carbons (Fsp3) is 0.167. The van der Waals surface area contributed by atoms with Crippen molar-refractivity contribution in [2.45, 2.75) is 11.8 Å². The Bertz CT molecular complexity index is 966. The Morgan fingerprint density at radius 2 is 1.52 bits per heavy atom. The van der Waals surface area contributed by atoms with Gasteiger partial charge >= 0.3 is 11.9 Å². The summed E-state index contributed by atoms with van der Waals surface area (Å²) in [7, 11) is 0. The number of ether oxygens (including phenoxy) is 1. The number of carboxylic acid groups (broad SMARTS) is 1. The number of halogens is 4. The number of hydrogen-bond donors (Lipinski definition) is 2. The average Bonchev–Trinajstić information content (AvgIpc) is 2.68. The number of carboxylic acids is 1. The third kappa shape index (κ3) is 5.71. The minimum absolute atomic E-state index is 0.152. The number of carbonyl (C=O) groups excluding carboxylic acids is 2. The van der Waals surface area contributed by atoms with Gasteiger partial charge in [-0.1, -0.05) is 46.4 Å². The highest BCUT2D eigenvalue weighted by atomic mass is 35.5. The fourth-order valence-corrected chi connectivity index (χ4v) is 3.93. The van der Waals surface area contributed by atoms with Gasteiger partial charge in [0, 0.05) is 10.6 Å². The first-order chi connectivity index (χ1) is 13.7. The Labute approximate surface area is 190 Å². The first-order valence-corrected chi connectivity index (χ1v) is 10.5. The first-order valence-electron chi connectivity index (χ1n) is 7.96. The van der Waals surface area contributed by atoms with Crippen LogP contribution in [0.15, 0.2) is 29.2 Å². The number of amides is 1. The highest BCUT2D eigenvalue weighted by Gasteiger charge is 2.28. The van der Waals surface area contributed by atoms with E-state index in [-0.39, 0.29) is 31.8 Å². The molecule has 0 heterocycles. The number of benzene rings is 2. The topological polar surface area (TPSA) is 92.7 Å². The zero-order valence-electron chi connectivity index (χ0n) is 14.7. The molecular formula is C18H13Cl4NO5S. The lowest BCUT2D eigenvalue weighted by molar-refractivity contribution is -0.139. The van der Waals surface area contributed by atoms with Crippen LogP contribution in [-0.2, 0) is 9.53 Å². The molecule has 0 atom stereocenters. The van der Waals surface area contributed by atoms with E-state index >= 15 is 0 Å². The summed E-state index contributed by atoms with van der Waals surface area (Å²) in [5.41, 5.74) is -0.588. The predicted octanol–water partition coefficient (Wildman–Crippen LogP) is 5.91. The molecule has 29 heavy (non-hydrogen) atoms. The van der Waals surface area contributed by atoms with E-state index in [0.29, 0.717) is 12.3 Å². The summed E-state index contributed by atoms with van der Waals surface area (Å²) in [6.07, 6.45) is 0. The van der Waals surface area contributed by atoms with Crippen molar-refractivity contribution in [1.82, 2.24) is 0 Å². The van der Waals surface area contributed by atoms with Gasteiger partial charge in [-0.15, -0.1) is 11.8 Å². The summed E-state index contributed by atoms with van der Waals surface area (Å²) in [5, 5.41) is 10.8. The number of carbonyl (C=O) groups is 3. The third-order valence-corrected chi connectivity index (χ3v) is 6.27. The van der Waals surface area contributed by atoms with E-state index in [1.165, 1.54) is 11.8 Å². The van der Waals surface area contributed by atoms with Gasteiger partial charge in [-0.05, 0) is 31.2 Å². The van der Waals surface area contributed by atoms with Crippen molar-refractivity contribution < 1.29 is 24.2 Å². The second-order valence-corrected chi connectivity index (χ2v) is 7.94. The normalized spacial score (nSPS) is 10.5. The quantitative estimate of drug-likeness (QED) is 0.214. The molecule has 0 unspecified atom stereocenters. The summed E-state index contributed by atoms with van der Waals surface area (Å²) in [4.78, 5) is 36.4. The van der Waals surface area contributed by atoms with Crippen LogP contribution < -0.4 is 5.32 Å². The number of rotatable bonds is 7. The van der Waals surface area contributed by atoms with E-state index in [2.05, 4.69) is 5.32 Å². The Morgan fingerprint density at radius 3 is 2.03 bits per heavy atom. The molecule has 2 N–H and O–H groups in total. The molecular weight excluding hydrogens is 484 g/mol. The van der Waals surface area contributed by atoms with Crippen molar-refractivity contribution in [3.05, 3.63) is 55.5 Å². The predicted molar refractivity (Wildman–Crippen MR) is 115 cm³/mol. The molecule has 1 amide bonds. The minimum atomic E-state index is -1.48. The Hall–Kier alpha value is -1.64. The molecule has 0 radical (unpaired) electrons. The molecule has 0 aliphatic rings. The van der Waals surface area contributed by atoms with Crippen LogP contribution in [0.5, 0.6) is 0 Å². The molecule has 0 spiro atoms. The van der Waals surface area contributed by atoms with E-state index in [4.69, 9.17) is 51.1 Å². The Balaban J connectivity index is 2.23. The van der Waals surface area contributed by atoms with Crippen LogP contribution in [0.2, 0.25) is 20.1 Å². The molecule has 0 aliphatic carbocycles. The molecule has 0 saturated carbocycles. The fourth-order valence-electron chi connectivity index (χ4n) is 2.22. The highest BCUT2D eigenvalue weighted by molar-refractivity contribution is 8.00. The SMILES string of the molecule is CCOC(=O)CSc1ccc(NC(=O)c2c(Cl)c(Cl)c(Cl)c(Cl)c2C(=O)O)cc1. The van der Waals surface area contributed by atoms with Crippen LogP contribution in [0, 0.1) is 0 Å². The molecule has 2 aromatic rings. The first kappa shape index (κ1) is 23.6. The highest BCUT2D eigenvalue weighted by Crippen LogP contribution is 2.41. The number of hydrogen-bond acceptors (Lipinski definition) is 5. The lowest BCUT2D eigenvalue weighted by atomic mass is 10.1. The maximum absolute atomic E-state index is 12.7. The van der Waals surface area contributed by atoms with Gasteiger partial charge in [0.25, 0.3) is 5.91 Å². The number of aromatic carboxylic acids is 1. The van der Waals surface area contributed by atoms with E-state index in [1.807, 2.05) is 0 Å². The molecule has 0 fully saturated rings. The van der Waals surface area contributed by atoms with Crippen LogP contribution in [0.25, 0.3) is 0 Å². The second kappa shape index (κ2) is 10.4. The van der Waals surface area contributed by atoms with Gasteiger partial charge in [-0.3, -0.25) is 9.59 Å².